The highest BCUT2D eigenvalue weighted by molar-refractivity contribution is 5.79. The summed E-state index contributed by atoms with van der Waals surface area (Å²) in [5.74, 6) is 0.798. The van der Waals surface area contributed by atoms with Gasteiger partial charge in [-0.2, -0.15) is 0 Å². The molecule has 2 amide bonds. The number of benzene rings is 1. The molecule has 1 aliphatic carbocycles. The van der Waals surface area contributed by atoms with Crippen molar-refractivity contribution >= 4 is 11.8 Å². The van der Waals surface area contributed by atoms with Crippen LogP contribution in [0.15, 0.2) is 30.3 Å². The maximum atomic E-state index is 12.4. The predicted molar refractivity (Wildman–Crippen MR) is 94.5 cm³/mol. The monoisotopic (exact) mass is 328 g/mol. The highest BCUT2D eigenvalue weighted by Crippen LogP contribution is 2.31. The molecule has 0 atom stereocenters. The van der Waals surface area contributed by atoms with E-state index in [2.05, 4.69) is 12.2 Å². The minimum absolute atomic E-state index is 0.0451. The van der Waals surface area contributed by atoms with Gasteiger partial charge in [-0.3, -0.25) is 9.59 Å². The molecule has 0 bridgehead atoms. The number of hydrogen-bond acceptors (Lipinski definition) is 2. The average Bonchev–Trinajstić information content (AvgIpc) is 2.55. The molecule has 4 nitrogen and oxygen atoms in total. The van der Waals surface area contributed by atoms with Crippen molar-refractivity contribution in [2.24, 2.45) is 5.92 Å². The number of amides is 2. The Morgan fingerprint density at radius 1 is 1.17 bits per heavy atom. The number of carbonyl (C=O) groups is 2. The topological polar surface area (TPSA) is 49.4 Å². The quantitative estimate of drug-likeness (QED) is 0.903. The van der Waals surface area contributed by atoms with Crippen LogP contribution in [0.3, 0.4) is 0 Å². The van der Waals surface area contributed by atoms with Crippen LogP contribution < -0.4 is 5.32 Å². The second-order valence-corrected chi connectivity index (χ2v) is 7.65. The second kappa shape index (κ2) is 7.37. The molecule has 4 heteroatoms. The molecule has 2 aliphatic rings. The molecule has 3 rings (SSSR count). The molecule has 2 fully saturated rings. The third-order valence-corrected chi connectivity index (χ3v) is 5.54. The van der Waals surface area contributed by atoms with Gasteiger partial charge < -0.3 is 10.2 Å². The first-order valence-electron chi connectivity index (χ1n) is 9.17. The van der Waals surface area contributed by atoms with Gasteiger partial charge in [0.05, 0.1) is 6.42 Å². The predicted octanol–water partition coefficient (Wildman–Crippen LogP) is 2.92. The summed E-state index contributed by atoms with van der Waals surface area (Å²) >= 11 is 0. The molecule has 1 heterocycles. The van der Waals surface area contributed by atoms with E-state index in [1.165, 1.54) is 6.42 Å². The Balaban J connectivity index is 1.40. The van der Waals surface area contributed by atoms with Crippen molar-refractivity contribution < 1.29 is 9.59 Å². The number of piperidine rings is 1. The van der Waals surface area contributed by atoms with Crippen LogP contribution in [0.2, 0.25) is 0 Å². The first kappa shape index (κ1) is 17.0. The summed E-state index contributed by atoms with van der Waals surface area (Å²) in [4.78, 5) is 26.5. The Hall–Kier alpha value is -1.84. The van der Waals surface area contributed by atoms with E-state index >= 15 is 0 Å². The number of rotatable bonds is 5. The van der Waals surface area contributed by atoms with Crippen molar-refractivity contribution in [1.82, 2.24) is 10.2 Å². The summed E-state index contributed by atoms with van der Waals surface area (Å²) in [6.07, 6.45) is 6.38. The fourth-order valence-corrected chi connectivity index (χ4v) is 3.75. The minimum Gasteiger partial charge on any atom is -0.351 e. The van der Waals surface area contributed by atoms with Gasteiger partial charge in [0.2, 0.25) is 11.8 Å². The first-order chi connectivity index (χ1) is 11.5. The van der Waals surface area contributed by atoms with Gasteiger partial charge in [0.25, 0.3) is 0 Å². The summed E-state index contributed by atoms with van der Waals surface area (Å²) < 4.78 is 0. The van der Waals surface area contributed by atoms with Gasteiger partial charge in [-0.1, -0.05) is 30.3 Å². The third-order valence-electron chi connectivity index (χ3n) is 5.54. The number of carbonyl (C=O) groups excluding carboxylic acids is 2. The van der Waals surface area contributed by atoms with Crippen molar-refractivity contribution in [2.45, 2.75) is 57.4 Å². The van der Waals surface area contributed by atoms with E-state index in [1.54, 1.807) is 0 Å². The van der Waals surface area contributed by atoms with Gasteiger partial charge in [0.15, 0.2) is 0 Å². The SMILES string of the molecule is CC1(NC(=O)CC2CCN(C(=O)Cc3ccccc3)CC2)CCC1. The maximum absolute atomic E-state index is 12.4. The molecule has 1 aromatic carbocycles. The summed E-state index contributed by atoms with van der Waals surface area (Å²) in [6.45, 7) is 3.70. The Bertz CT molecular complexity index is 573. The minimum atomic E-state index is 0.0451. The van der Waals surface area contributed by atoms with Crippen LogP contribution in [-0.2, 0) is 16.0 Å². The maximum Gasteiger partial charge on any atom is 0.226 e. The summed E-state index contributed by atoms with van der Waals surface area (Å²) in [7, 11) is 0. The van der Waals surface area contributed by atoms with E-state index in [9.17, 15) is 9.59 Å². The summed E-state index contributed by atoms with van der Waals surface area (Å²) in [5.41, 5.74) is 1.11. The Labute approximate surface area is 144 Å². The van der Waals surface area contributed by atoms with E-state index < -0.39 is 0 Å². The molecule has 1 N–H and O–H groups in total. The van der Waals surface area contributed by atoms with Crippen molar-refractivity contribution in [1.29, 1.82) is 0 Å². The third kappa shape index (κ3) is 4.37. The van der Waals surface area contributed by atoms with Gasteiger partial charge in [0.1, 0.15) is 0 Å². The lowest BCUT2D eigenvalue weighted by atomic mass is 9.78. The normalized spacial score (nSPS) is 20.3. The zero-order valence-electron chi connectivity index (χ0n) is 14.6. The van der Waals surface area contributed by atoms with E-state index in [0.29, 0.717) is 18.8 Å². The lowest BCUT2D eigenvalue weighted by Crippen LogP contribution is -2.51. The van der Waals surface area contributed by atoms with E-state index in [4.69, 9.17) is 0 Å². The van der Waals surface area contributed by atoms with Crippen molar-refractivity contribution in [2.75, 3.05) is 13.1 Å². The molecular weight excluding hydrogens is 300 g/mol. The summed E-state index contributed by atoms with van der Waals surface area (Å²) in [6, 6.07) is 9.90. The second-order valence-electron chi connectivity index (χ2n) is 7.65. The summed E-state index contributed by atoms with van der Waals surface area (Å²) in [5, 5.41) is 3.19. The molecule has 1 saturated carbocycles. The largest absolute Gasteiger partial charge is 0.351 e. The Morgan fingerprint density at radius 2 is 1.83 bits per heavy atom. The average molecular weight is 328 g/mol. The molecule has 1 aromatic rings. The molecule has 0 unspecified atom stereocenters. The molecular formula is C20H28N2O2. The smallest absolute Gasteiger partial charge is 0.226 e. The van der Waals surface area contributed by atoms with Crippen molar-refractivity contribution in [3.8, 4) is 0 Å². The van der Waals surface area contributed by atoms with E-state index in [-0.39, 0.29) is 17.4 Å². The molecule has 1 aliphatic heterocycles. The molecule has 0 spiro atoms. The number of hydrogen-bond donors (Lipinski definition) is 1. The van der Waals surface area contributed by atoms with Crippen LogP contribution in [0.1, 0.15) is 51.0 Å². The molecule has 0 aromatic heterocycles. The lowest BCUT2D eigenvalue weighted by Gasteiger charge is -2.40. The Morgan fingerprint density at radius 3 is 2.42 bits per heavy atom. The van der Waals surface area contributed by atoms with Crippen molar-refractivity contribution in [3.05, 3.63) is 35.9 Å². The Kier molecular flexibility index (Phi) is 5.22. The highest BCUT2D eigenvalue weighted by atomic mass is 16.2. The van der Waals surface area contributed by atoms with Gasteiger partial charge in [-0.25, -0.2) is 0 Å². The standard InChI is InChI=1S/C20H28N2O2/c1-20(10-5-11-20)21-18(23)14-17-8-12-22(13-9-17)19(24)15-16-6-3-2-4-7-16/h2-4,6-7,17H,5,8-15H2,1H3,(H,21,23). The van der Waals surface area contributed by atoms with Gasteiger partial charge in [0, 0.05) is 25.0 Å². The highest BCUT2D eigenvalue weighted by Gasteiger charge is 2.34. The van der Waals surface area contributed by atoms with Crippen LogP contribution in [-0.4, -0.2) is 35.3 Å². The molecule has 130 valence electrons. The van der Waals surface area contributed by atoms with Gasteiger partial charge in [-0.05, 0) is 50.5 Å². The molecule has 24 heavy (non-hydrogen) atoms. The first-order valence-corrected chi connectivity index (χ1v) is 9.17. The number of likely N-dealkylation sites (tertiary alicyclic amines) is 1. The van der Waals surface area contributed by atoms with Gasteiger partial charge >= 0.3 is 0 Å². The lowest BCUT2D eigenvalue weighted by molar-refractivity contribution is -0.132. The molecule has 0 radical (unpaired) electrons. The van der Waals surface area contributed by atoms with Crippen LogP contribution in [0.25, 0.3) is 0 Å². The van der Waals surface area contributed by atoms with E-state index in [1.807, 2.05) is 35.2 Å². The van der Waals surface area contributed by atoms with Gasteiger partial charge in [-0.15, -0.1) is 0 Å². The fourth-order valence-electron chi connectivity index (χ4n) is 3.75. The van der Waals surface area contributed by atoms with Crippen LogP contribution >= 0.6 is 0 Å². The molecule has 1 saturated heterocycles. The zero-order valence-corrected chi connectivity index (χ0v) is 14.6. The fraction of sp³-hybridized carbons (Fsp3) is 0.600. The zero-order chi connectivity index (χ0) is 17.0. The van der Waals surface area contributed by atoms with E-state index in [0.717, 1.165) is 44.3 Å². The van der Waals surface area contributed by atoms with Crippen LogP contribution in [0, 0.1) is 5.92 Å². The number of nitrogens with zero attached hydrogens (tertiary/aromatic N) is 1. The van der Waals surface area contributed by atoms with Crippen LogP contribution in [0.5, 0.6) is 0 Å². The number of nitrogens with one attached hydrogen (secondary N) is 1. The van der Waals surface area contributed by atoms with Crippen molar-refractivity contribution in [3.63, 3.8) is 0 Å². The van der Waals surface area contributed by atoms with Crippen LogP contribution in [0.4, 0.5) is 0 Å².